The molecule has 1 aliphatic rings. The Morgan fingerprint density at radius 2 is 2.04 bits per heavy atom. The van der Waals surface area contributed by atoms with Crippen LogP contribution in [0.25, 0.3) is 5.65 Å². The quantitative estimate of drug-likeness (QED) is 0.749. The fraction of sp³-hybridized carbons (Fsp3) is 0.350. The molecule has 28 heavy (non-hydrogen) atoms. The number of pyridine rings is 1. The van der Waals surface area contributed by atoms with Gasteiger partial charge in [0.1, 0.15) is 0 Å². The third-order valence-corrected chi connectivity index (χ3v) is 5.42. The second-order valence-electron chi connectivity index (χ2n) is 7.34. The number of carbonyl (C=O) groups is 1. The first kappa shape index (κ1) is 18.3. The SMILES string of the molecule is CNC(=O)c1nc2c(C(F)F)cc(N3CC[C@](C)(c4ccccc4)C3)cn2n1. The molecule has 0 radical (unpaired) electrons. The van der Waals surface area contributed by atoms with Crippen LogP contribution in [-0.4, -0.2) is 40.6 Å². The van der Waals surface area contributed by atoms with E-state index in [1.165, 1.54) is 23.2 Å². The minimum atomic E-state index is -2.72. The zero-order chi connectivity index (χ0) is 19.9. The number of aromatic nitrogens is 3. The van der Waals surface area contributed by atoms with Crippen LogP contribution >= 0.6 is 0 Å². The van der Waals surface area contributed by atoms with Crippen molar-refractivity contribution in [1.29, 1.82) is 0 Å². The lowest BCUT2D eigenvalue weighted by molar-refractivity contribution is 0.0953. The number of carbonyl (C=O) groups excluding carboxylic acids is 1. The first-order chi connectivity index (χ1) is 13.4. The summed E-state index contributed by atoms with van der Waals surface area (Å²) in [6.07, 6.45) is -0.135. The van der Waals surface area contributed by atoms with Gasteiger partial charge in [-0.1, -0.05) is 37.3 Å². The first-order valence-electron chi connectivity index (χ1n) is 9.12. The van der Waals surface area contributed by atoms with E-state index in [0.29, 0.717) is 12.2 Å². The number of rotatable bonds is 4. The Balaban J connectivity index is 1.72. The van der Waals surface area contributed by atoms with Crippen molar-refractivity contribution in [3.63, 3.8) is 0 Å². The van der Waals surface area contributed by atoms with E-state index in [9.17, 15) is 13.6 Å². The van der Waals surface area contributed by atoms with Crippen molar-refractivity contribution >= 4 is 17.2 Å². The van der Waals surface area contributed by atoms with Crippen molar-refractivity contribution in [2.45, 2.75) is 25.2 Å². The number of nitrogens with one attached hydrogen (secondary N) is 1. The molecule has 0 bridgehead atoms. The molecule has 2 aromatic heterocycles. The minimum absolute atomic E-state index is 0.00219. The van der Waals surface area contributed by atoms with Gasteiger partial charge in [0.25, 0.3) is 12.3 Å². The predicted octanol–water partition coefficient (Wildman–Crippen LogP) is 3.19. The number of hydrogen-bond acceptors (Lipinski definition) is 4. The van der Waals surface area contributed by atoms with Crippen LogP contribution in [0.4, 0.5) is 14.5 Å². The molecule has 1 fully saturated rings. The van der Waals surface area contributed by atoms with Gasteiger partial charge in [-0.25, -0.2) is 18.3 Å². The summed E-state index contributed by atoms with van der Waals surface area (Å²) in [5.41, 5.74) is 1.60. The fourth-order valence-electron chi connectivity index (χ4n) is 3.80. The molecule has 0 aliphatic carbocycles. The molecule has 1 saturated heterocycles. The van der Waals surface area contributed by atoms with Gasteiger partial charge in [0.15, 0.2) is 5.65 Å². The van der Waals surface area contributed by atoms with Gasteiger partial charge in [-0.2, -0.15) is 0 Å². The lowest BCUT2D eigenvalue weighted by Gasteiger charge is -2.26. The maximum Gasteiger partial charge on any atom is 0.290 e. The number of halogens is 2. The van der Waals surface area contributed by atoms with Crippen molar-refractivity contribution in [2.75, 3.05) is 25.0 Å². The summed E-state index contributed by atoms with van der Waals surface area (Å²) in [6.45, 7) is 3.65. The van der Waals surface area contributed by atoms with Crippen LogP contribution in [0, 0.1) is 0 Å². The number of fused-ring (bicyclic) bond motifs is 1. The van der Waals surface area contributed by atoms with E-state index in [4.69, 9.17) is 0 Å². The van der Waals surface area contributed by atoms with Gasteiger partial charge in [-0.05, 0) is 18.1 Å². The van der Waals surface area contributed by atoms with E-state index in [1.54, 1.807) is 6.20 Å². The van der Waals surface area contributed by atoms with Gasteiger partial charge in [0, 0.05) is 25.6 Å². The molecule has 0 spiro atoms. The standard InChI is InChI=1S/C20H21F2N5O/c1-20(13-6-4-3-5-7-13)8-9-26(12-20)14-10-15(16(21)22)18-24-17(19(28)23-2)25-27(18)11-14/h3-7,10-11,16H,8-9,12H2,1-2H3,(H,23,28)/t20-/m0/s1. The highest BCUT2D eigenvalue weighted by Crippen LogP contribution is 2.37. The lowest BCUT2D eigenvalue weighted by Crippen LogP contribution is -2.28. The van der Waals surface area contributed by atoms with E-state index >= 15 is 0 Å². The zero-order valence-corrected chi connectivity index (χ0v) is 15.7. The molecule has 1 atom stereocenters. The Kier molecular flexibility index (Phi) is 4.49. The van der Waals surface area contributed by atoms with E-state index in [1.807, 2.05) is 18.2 Å². The molecule has 1 aromatic carbocycles. The number of benzene rings is 1. The highest BCUT2D eigenvalue weighted by molar-refractivity contribution is 5.90. The van der Waals surface area contributed by atoms with Gasteiger partial charge in [-0.15, -0.1) is 5.10 Å². The average molecular weight is 385 g/mol. The van der Waals surface area contributed by atoms with E-state index < -0.39 is 12.3 Å². The number of hydrogen-bond donors (Lipinski definition) is 1. The number of alkyl halides is 2. The molecule has 8 heteroatoms. The predicted molar refractivity (Wildman–Crippen MR) is 102 cm³/mol. The zero-order valence-electron chi connectivity index (χ0n) is 15.7. The number of anilines is 1. The average Bonchev–Trinajstić information content (AvgIpc) is 3.31. The molecule has 3 heterocycles. The molecule has 146 valence electrons. The topological polar surface area (TPSA) is 62.5 Å². The molecule has 1 aliphatic heterocycles. The van der Waals surface area contributed by atoms with E-state index in [-0.39, 0.29) is 22.5 Å². The molecule has 4 rings (SSSR count). The van der Waals surface area contributed by atoms with Crippen LogP contribution in [0.15, 0.2) is 42.6 Å². The Bertz CT molecular complexity index is 1020. The highest BCUT2D eigenvalue weighted by atomic mass is 19.3. The molecule has 0 saturated carbocycles. The lowest BCUT2D eigenvalue weighted by atomic mass is 9.82. The number of nitrogens with zero attached hydrogens (tertiary/aromatic N) is 4. The summed E-state index contributed by atoms with van der Waals surface area (Å²) >= 11 is 0. The van der Waals surface area contributed by atoms with Crippen molar-refractivity contribution < 1.29 is 13.6 Å². The molecule has 0 unspecified atom stereocenters. The summed E-state index contributed by atoms with van der Waals surface area (Å²) in [4.78, 5) is 17.9. The van der Waals surface area contributed by atoms with Crippen molar-refractivity contribution in [1.82, 2.24) is 19.9 Å². The normalized spacial score (nSPS) is 19.5. The number of amides is 1. The minimum Gasteiger partial charge on any atom is -0.369 e. The highest BCUT2D eigenvalue weighted by Gasteiger charge is 2.36. The summed E-state index contributed by atoms with van der Waals surface area (Å²) in [5, 5.41) is 6.50. The Hall–Kier alpha value is -3.03. The monoisotopic (exact) mass is 385 g/mol. The van der Waals surface area contributed by atoms with Crippen LogP contribution in [-0.2, 0) is 5.41 Å². The van der Waals surface area contributed by atoms with Crippen LogP contribution in [0.1, 0.15) is 41.5 Å². The second kappa shape index (κ2) is 6.85. The molecule has 1 N–H and O–H groups in total. The van der Waals surface area contributed by atoms with Gasteiger partial charge in [0.2, 0.25) is 5.82 Å². The molecular weight excluding hydrogens is 364 g/mol. The maximum atomic E-state index is 13.7. The third-order valence-electron chi connectivity index (χ3n) is 5.42. The first-order valence-corrected chi connectivity index (χ1v) is 9.12. The van der Waals surface area contributed by atoms with Crippen molar-refractivity contribution in [3.8, 4) is 0 Å². The molecule has 6 nitrogen and oxygen atoms in total. The molecule has 3 aromatic rings. The Morgan fingerprint density at radius 1 is 1.29 bits per heavy atom. The maximum absolute atomic E-state index is 13.7. The Morgan fingerprint density at radius 3 is 2.71 bits per heavy atom. The van der Waals surface area contributed by atoms with Gasteiger partial charge >= 0.3 is 0 Å². The van der Waals surface area contributed by atoms with Gasteiger partial charge < -0.3 is 10.2 Å². The van der Waals surface area contributed by atoms with Crippen molar-refractivity contribution in [3.05, 3.63) is 59.5 Å². The Labute approximate surface area is 161 Å². The summed E-state index contributed by atoms with van der Waals surface area (Å²) in [5.74, 6) is -0.639. The smallest absolute Gasteiger partial charge is 0.290 e. The van der Waals surface area contributed by atoms with Crippen LogP contribution < -0.4 is 10.2 Å². The summed E-state index contributed by atoms with van der Waals surface area (Å²) in [7, 11) is 1.45. The van der Waals surface area contributed by atoms with E-state index in [0.717, 1.165) is 13.0 Å². The summed E-state index contributed by atoms with van der Waals surface area (Å²) < 4.78 is 28.6. The van der Waals surface area contributed by atoms with Crippen molar-refractivity contribution in [2.24, 2.45) is 0 Å². The fourth-order valence-corrected chi connectivity index (χ4v) is 3.80. The second-order valence-corrected chi connectivity index (χ2v) is 7.34. The van der Waals surface area contributed by atoms with Gasteiger partial charge in [0.05, 0.1) is 17.4 Å². The van der Waals surface area contributed by atoms with Crippen LogP contribution in [0.3, 0.4) is 0 Å². The van der Waals surface area contributed by atoms with Gasteiger partial charge in [-0.3, -0.25) is 4.79 Å². The van der Waals surface area contributed by atoms with Crippen LogP contribution in [0.2, 0.25) is 0 Å². The van der Waals surface area contributed by atoms with E-state index in [2.05, 4.69) is 39.4 Å². The molecular formula is C20H21F2N5O. The largest absolute Gasteiger partial charge is 0.369 e. The summed E-state index contributed by atoms with van der Waals surface area (Å²) in [6, 6.07) is 11.7. The van der Waals surface area contributed by atoms with Crippen LogP contribution in [0.5, 0.6) is 0 Å². The molecule has 1 amide bonds. The third kappa shape index (κ3) is 3.08.